The van der Waals surface area contributed by atoms with Crippen LogP contribution in [0.1, 0.15) is 35.7 Å². The normalized spacial score (nSPS) is 10.5. The van der Waals surface area contributed by atoms with Crippen LogP contribution in [-0.4, -0.2) is 29.0 Å². The van der Waals surface area contributed by atoms with Gasteiger partial charge in [0.1, 0.15) is 17.3 Å². The molecule has 0 radical (unpaired) electrons. The molecule has 0 saturated carbocycles. The number of benzene rings is 1. The molecule has 2 rings (SSSR count). The molecular weight excluding hydrogens is 312 g/mol. The maximum Gasteiger partial charge on any atom is 0.274 e. The van der Waals surface area contributed by atoms with Gasteiger partial charge in [0.15, 0.2) is 0 Å². The number of halogens is 1. The lowest BCUT2D eigenvalue weighted by molar-refractivity contribution is 0.102. The van der Waals surface area contributed by atoms with Crippen LogP contribution in [0.3, 0.4) is 0 Å². The van der Waals surface area contributed by atoms with Crippen molar-refractivity contribution in [2.24, 2.45) is 0 Å². The second kappa shape index (κ2) is 7.42. The minimum Gasteiger partial charge on any atom is -0.357 e. The quantitative estimate of drug-likeness (QED) is 0.903. The number of nitrogens with one attached hydrogen (secondary N) is 1. The highest BCUT2D eigenvalue weighted by Gasteiger charge is 2.14. The summed E-state index contributed by atoms with van der Waals surface area (Å²) in [5.41, 5.74) is 1.98. The van der Waals surface area contributed by atoms with Gasteiger partial charge in [-0.25, -0.2) is 9.97 Å². The molecule has 1 heterocycles. The molecule has 1 aromatic carbocycles. The first kappa shape index (κ1) is 17.2. The summed E-state index contributed by atoms with van der Waals surface area (Å²) in [6, 6.07) is 7.07. The molecule has 0 aliphatic heterocycles. The molecule has 0 bridgehead atoms. The molecule has 0 unspecified atom stereocenters. The molecule has 1 aromatic heterocycles. The van der Waals surface area contributed by atoms with Gasteiger partial charge in [-0.15, -0.1) is 0 Å². The largest absolute Gasteiger partial charge is 0.357 e. The van der Waals surface area contributed by atoms with E-state index < -0.39 is 0 Å². The van der Waals surface area contributed by atoms with Crippen molar-refractivity contribution in [3.8, 4) is 0 Å². The predicted molar refractivity (Wildman–Crippen MR) is 94.5 cm³/mol. The van der Waals surface area contributed by atoms with E-state index in [1.807, 2.05) is 13.0 Å². The van der Waals surface area contributed by atoms with Crippen molar-refractivity contribution < 1.29 is 4.79 Å². The Bertz CT molecular complexity index is 714. The monoisotopic (exact) mass is 332 g/mol. The Hall–Kier alpha value is -2.14. The van der Waals surface area contributed by atoms with Gasteiger partial charge in [-0.3, -0.25) is 4.79 Å². The fourth-order valence-electron chi connectivity index (χ4n) is 2.33. The fourth-order valence-corrected chi connectivity index (χ4v) is 2.56. The number of anilines is 2. The summed E-state index contributed by atoms with van der Waals surface area (Å²) < 4.78 is 0. The van der Waals surface area contributed by atoms with Crippen LogP contribution in [0.25, 0.3) is 0 Å². The van der Waals surface area contributed by atoms with E-state index in [-0.39, 0.29) is 5.91 Å². The summed E-state index contributed by atoms with van der Waals surface area (Å²) >= 11 is 5.94. The van der Waals surface area contributed by atoms with Crippen LogP contribution in [0.5, 0.6) is 0 Å². The number of nitrogens with zero attached hydrogens (tertiary/aromatic N) is 3. The highest BCUT2D eigenvalue weighted by atomic mass is 35.5. The highest BCUT2D eigenvalue weighted by molar-refractivity contribution is 6.30. The third-order valence-electron chi connectivity index (χ3n) is 3.58. The zero-order chi connectivity index (χ0) is 17.0. The van der Waals surface area contributed by atoms with Gasteiger partial charge in [-0.2, -0.15) is 0 Å². The number of hydrogen-bond acceptors (Lipinski definition) is 4. The van der Waals surface area contributed by atoms with Gasteiger partial charge in [0.05, 0.1) is 0 Å². The Morgan fingerprint density at radius 3 is 2.48 bits per heavy atom. The van der Waals surface area contributed by atoms with Crippen LogP contribution < -0.4 is 10.2 Å². The number of carbonyl (C=O) groups excluding carboxylic acids is 1. The first-order valence-electron chi connectivity index (χ1n) is 7.62. The molecule has 2 aromatic rings. The first-order valence-corrected chi connectivity index (χ1v) is 8.00. The summed E-state index contributed by atoms with van der Waals surface area (Å²) in [4.78, 5) is 23.2. The standard InChI is InChI=1S/C17H21ClN4O/c1-5-22(6-2)16-10-15(19-12(4)20-16)17(23)21-14-8-7-13(18)9-11(14)3/h7-10H,5-6H2,1-4H3,(H,21,23). The molecule has 0 aliphatic carbocycles. The smallest absolute Gasteiger partial charge is 0.274 e. The topological polar surface area (TPSA) is 58.1 Å². The van der Waals surface area contributed by atoms with Crippen LogP contribution in [0.4, 0.5) is 11.5 Å². The summed E-state index contributed by atoms with van der Waals surface area (Å²) in [6.07, 6.45) is 0. The van der Waals surface area contributed by atoms with E-state index in [0.29, 0.717) is 16.5 Å². The van der Waals surface area contributed by atoms with Gasteiger partial charge >= 0.3 is 0 Å². The molecule has 122 valence electrons. The SMILES string of the molecule is CCN(CC)c1cc(C(=O)Nc2ccc(Cl)cc2C)nc(C)n1. The lowest BCUT2D eigenvalue weighted by atomic mass is 10.2. The number of aromatic nitrogens is 2. The number of carbonyl (C=O) groups is 1. The van der Waals surface area contributed by atoms with Gasteiger partial charge in [-0.1, -0.05) is 11.6 Å². The third-order valence-corrected chi connectivity index (χ3v) is 3.82. The summed E-state index contributed by atoms with van der Waals surface area (Å²) in [7, 11) is 0. The Morgan fingerprint density at radius 1 is 1.17 bits per heavy atom. The second-order valence-electron chi connectivity index (χ2n) is 5.24. The maximum atomic E-state index is 12.5. The molecule has 1 N–H and O–H groups in total. The van der Waals surface area contributed by atoms with Gasteiger partial charge in [0, 0.05) is 29.9 Å². The van der Waals surface area contributed by atoms with E-state index >= 15 is 0 Å². The molecule has 0 saturated heterocycles. The number of amides is 1. The average molecular weight is 333 g/mol. The fraction of sp³-hybridized carbons (Fsp3) is 0.353. The lowest BCUT2D eigenvalue weighted by Crippen LogP contribution is -2.25. The van der Waals surface area contributed by atoms with Crippen LogP contribution >= 0.6 is 11.6 Å². The van der Waals surface area contributed by atoms with E-state index in [1.54, 1.807) is 25.1 Å². The van der Waals surface area contributed by atoms with Crippen molar-refractivity contribution in [2.45, 2.75) is 27.7 Å². The Morgan fingerprint density at radius 2 is 1.87 bits per heavy atom. The highest BCUT2D eigenvalue weighted by Crippen LogP contribution is 2.20. The average Bonchev–Trinajstić information content (AvgIpc) is 2.50. The van der Waals surface area contributed by atoms with E-state index in [4.69, 9.17) is 11.6 Å². The molecule has 0 spiro atoms. The number of aryl methyl sites for hydroxylation is 2. The summed E-state index contributed by atoms with van der Waals surface area (Å²) in [6.45, 7) is 9.44. The van der Waals surface area contributed by atoms with Crippen molar-refractivity contribution in [2.75, 3.05) is 23.3 Å². The van der Waals surface area contributed by atoms with Crippen LogP contribution in [0.2, 0.25) is 5.02 Å². The molecule has 1 amide bonds. The van der Waals surface area contributed by atoms with E-state index in [0.717, 1.165) is 30.2 Å². The lowest BCUT2D eigenvalue weighted by Gasteiger charge is -2.20. The Balaban J connectivity index is 2.28. The molecule has 23 heavy (non-hydrogen) atoms. The summed E-state index contributed by atoms with van der Waals surface area (Å²) in [5, 5.41) is 3.52. The maximum absolute atomic E-state index is 12.5. The van der Waals surface area contributed by atoms with Crippen LogP contribution in [0.15, 0.2) is 24.3 Å². The molecule has 0 fully saturated rings. The number of rotatable bonds is 5. The van der Waals surface area contributed by atoms with Crippen molar-refractivity contribution >= 4 is 29.0 Å². The minimum absolute atomic E-state index is 0.255. The van der Waals surface area contributed by atoms with Gasteiger partial charge in [0.2, 0.25) is 0 Å². The van der Waals surface area contributed by atoms with Crippen molar-refractivity contribution in [3.63, 3.8) is 0 Å². The molecular formula is C17H21ClN4O. The van der Waals surface area contributed by atoms with Gasteiger partial charge in [-0.05, 0) is 51.5 Å². The summed E-state index contributed by atoms with van der Waals surface area (Å²) in [5.74, 6) is 1.09. The van der Waals surface area contributed by atoms with Gasteiger partial charge in [0.25, 0.3) is 5.91 Å². The van der Waals surface area contributed by atoms with E-state index in [9.17, 15) is 4.79 Å². The zero-order valence-corrected chi connectivity index (χ0v) is 14.6. The van der Waals surface area contributed by atoms with Gasteiger partial charge < -0.3 is 10.2 Å². The van der Waals surface area contributed by atoms with Crippen molar-refractivity contribution in [3.05, 3.63) is 46.4 Å². The van der Waals surface area contributed by atoms with Crippen LogP contribution in [0, 0.1) is 13.8 Å². The molecule has 0 aliphatic rings. The van der Waals surface area contributed by atoms with E-state index in [1.165, 1.54) is 0 Å². The third kappa shape index (κ3) is 4.20. The first-order chi connectivity index (χ1) is 10.9. The van der Waals surface area contributed by atoms with Crippen molar-refractivity contribution in [1.82, 2.24) is 9.97 Å². The Labute approximate surface area is 141 Å². The van der Waals surface area contributed by atoms with Crippen molar-refractivity contribution in [1.29, 1.82) is 0 Å². The molecule has 0 atom stereocenters. The number of hydrogen-bond donors (Lipinski definition) is 1. The predicted octanol–water partition coefficient (Wildman–Crippen LogP) is 3.85. The zero-order valence-electron chi connectivity index (χ0n) is 13.9. The van der Waals surface area contributed by atoms with Crippen LogP contribution in [-0.2, 0) is 0 Å². The molecule has 5 nitrogen and oxygen atoms in total. The van der Waals surface area contributed by atoms with E-state index in [2.05, 4.69) is 34.0 Å². The molecule has 6 heteroatoms. The second-order valence-corrected chi connectivity index (χ2v) is 5.68. The Kier molecular flexibility index (Phi) is 5.55. The minimum atomic E-state index is -0.255.